The molecule has 0 aromatic rings. The van der Waals surface area contributed by atoms with Gasteiger partial charge in [-0.25, -0.2) is 0 Å². The van der Waals surface area contributed by atoms with Crippen LogP contribution in [0.4, 0.5) is 0 Å². The van der Waals surface area contributed by atoms with E-state index in [2.05, 4.69) is 92.1 Å². The largest absolute Gasteiger partial charge is 0.756 e. The van der Waals surface area contributed by atoms with Gasteiger partial charge in [0.2, 0.25) is 5.91 Å². The molecule has 544 valence electrons. The molecule has 0 saturated heterocycles. The summed E-state index contributed by atoms with van der Waals surface area (Å²) in [4.78, 5) is 25.7. The van der Waals surface area contributed by atoms with Crippen LogP contribution in [0.5, 0.6) is 0 Å². The summed E-state index contributed by atoms with van der Waals surface area (Å²) in [5, 5.41) is 14.0. The molecule has 9 heteroatoms. The molecule has 0 spiro atoms. The van der Waals surface area contributed by atoms with E-state index in [1.165, 1.54) is 302 Å². The summed E-state index contributed by atoms with van der Waals surface area (Å²) in [6.45, 7) is 4.57. The standard InChI is InChI=1S/C84H157N2O6P/c1-6-8-10-12-14-16-18-20-22-24-26-28-30-32-34-36-38-40-41-42-43-44-45-46-48-50-52-54-56-58-60-62-64-66-68-70-72-74-76-78-84(88)85-82(81-92-93(89,90)91-80-79-86(3,4)5)83(87)77-75-73-71-69-67-65-63-61-59-57-55-53-51-49-47-39-37-35-33-31-29-27-25-23-21-19-17-15-13-11-9-7-2/h8,10,14,16,20,22,26,28,32,34,67,69,75,77,82-83,87H,6-7,9,11-13,15,17-19,21,23-25,27,29-31,33,35-66,68,70-74,76,78-81H2,1-5H3,(H-,85,88,89,90)/b10-8-,16-14-,22-20-,28-26-,34-32-,69-67+,77-75+. The van der Waals surface area contributed by atoms with Gasteiger partial charge in [-0.05, 0) is 77.0 Å². The highest BCUT2D eigenvalue weighted by Gasteiger charge is 2.23. The lowest BCUT2D eigenvalue weighted by atomic mass is 10.0. The molecule has 0 aliphatic heterocycles. The summed E-state index contributed by atoms with van der Waals surface area (Å²) in [6, 6.07) is -0.907. The van der Waals surface area contributed by atoms with Crippen LogP contribution in [0.3, 0.4) is 0 Å². The van der Waals surface area contributed by atoms with Crippen molar-refractivity contribution in [1.29, 1.82) is 0 Å². The number of aliphatic hydroxyl groups is 1. The van der Waals surface area contributed by atoms with Gasteiger partial charge in [-0.3, -0.25) is 9.36 Å². The Bertz CT molecular complexity index is 1800. The lowest BCUT2D eigenvalue weighted by Gasteiger charge is -2.29. The number of rotatable bonds is 75. The molecular formula is C84H157N2O6P. The van der Waals surface area contributed by atoms with Crippen LogP contribution in [0, 0.1) is 0 Å². The average molecular weight is 1320 g/mol. The van der Waals surface area contributed by atoms with Crippen LogP contribution in [-0.4, -0.2) is 68.5 Å². The number of carbonyl (C=O) groups excluding carboxylic acids is 1. The third kappa shape index (κ3) is 76.9. The van der Waals surface area contributed by atoms with Gasteiger partial charge in [0.25, 0.3) is 7.82 Å². The Balaban J connectivity index is 3.97. The number of phosphoric acid groups is 1. The minimum atomic E-state index is -4.62. The molecule has 93 heavy (non-hydrogen) atoms. The summed E-state index contributed by atoms with van der Waals surface area (Å²) < 4.78 is 23.5. The maximum absolute atomic E-state index is 13.1. The fraction of sp³-hybridized carbons (Fsp3) is 0.821. The molecular weight excluding hydrogens is 1160 g/mol. The number of unbranched alkanes of at least 4 members (excludes halogenated alkanes) is 50. The summed E-state index contributed by atoms with van der Waals surface area (Å²) in [6.07, 6.45) is 106. The van der Waals surface area contributed by atoms with Crippen molar-refractivity contribution in [3.8, 4) is 0 Å². The van der Waals surface area contributed by atoms with Crippen molar-refractivity contribution < 1.29 is 32.9 Å². The molecule has 0 aromatic carbocycles. The van der Waals surface area contributed by atoms with Crippen LogP contribution >= 0.6 is 7.82 Å². The lowest BCUT2D eigenvalue weighted by molar-refractivity contribution is -0.870. The maximum Gasteiger partial charge on any atom is 0.268 e. The second-order valence-corrected chi connectivity index (χ2v) is 30.1. The third-order valence-corrected chi connectivity index (χ3v) is 19.3. The maximum atomic E-state index is 13.1. The van der Waals surface area contributed by atoms with E-state index in [0.29, 0.717) is 17.4 Å². The first-order chi connectivity index (χ1) is 45.5. The lowest BCUT2D eigenvalue weighted by Crippen LogP contribution is -2.45. The number of likely N-dealkylation sites (N-methyl/N-ethyl adjacent to an activating group) is 1. The Labute approximate surface area is 579 Å². The van der Waals surface area contributed by atoms with Gasteiger partial charge in [-0.15, -0.1) is 0 Å². The van der Waals surface area contributed by atoms with Crippen molar-refractivity contribution in [2.45, 2.75) is 405 Å². The van der Waals surface area contributed by atoms with Crippen molar-refractivity contribution in [3.63, 3.8) is 0 Å². The first-order valence-electron chi connectivity index (χ1n) is 40.4. The minimum absolute atomic E-state index is 0.00636. The molecule has 3 atom stereocenters. The normalized spacial score (nSPS) is 13.9. The molecule has 0 aliphatic carbocycles. The molecule has 0 fully saturated rings. The van der Waals surface area contributed by atoms with Crippen LogP contribution < -0.4 is 10.2 Å². The van der Waals surface area contributed by atoms with Gasteiger partial charge in [-0.2, -0.15) is 0 Å². The monoisotopic (exact) mass is 1320 g/mol. The Morgan fingerprint density at radius 2 is 0.667 bits per heavy atom. The number of nitrogens with zero attached hydrogens (tertiary/aromatic N) is 1. The van der Waals surface area contributed by atoms with Gasteiger partial charge in [0.05, 0.1) is 39.9 Å². The van der Waals surface area contributed by atoms with Gasteiger partial charge in [-0.1, -0.05) is 394 Å². The molecule has 1 amide bonds. The number of hydrogen-bond acceptors (Lipinski definition) is 6. The number of carbonyl (C=O) groups is 1. The van der Waals surface area contributed by atoms with Crippen LogP contribution in [0.1, 0.15) is 393 Å². The molecule has 2 N–H and O–H groups in total. The number of nitrogens with one attached hydrogen (secondary N) is 1. The average Bonchev–Trinajstić information content (AvgIpc) is 1.94. The van der Waals surface area contributed by atoms with Crippen molar-refractivity contribution in [2.24, 2.45) is 0 Å². The molecule has 0 radical (unpaired) electrons. The molecule has 0 heterocycles. The van der Waals surface area contributed by atoms with Gasteiger partial charge >= 0.3 is 0 Å². The van der Waals surface area contributed by atoms with E-state index in [1.807, 2.05) is 27.2 Å². The molecule has 0 saturated carbocycles. The van der Waals surface area contributed by atoms with Crippen molar-refractivity contribution >= 4 is 13.7 Å². The van der Waals surface area contributed by atoms with E-state index < -0.39 is 26.6 Å². The fourth-order valence-electron chi connectivity index (χ4n) is 12.1. The van der Waals surface area contributed by atoms with Crippen LogP contribution in [0.25, 0.3) is 0 Å². The highest BCUT2D eigenvalue weighted by atomic mass is 31.2. The topological polar surface area (TPSA) is 108 Å². The predicted molar refractivity (Wildman–Crippen MR) is 408 cm³/mol. The van der Waals surface area contributed by atoms with E-state index >= 15 is 0 Å². The highest BCUT2D eigenvalue weighted by Crippen LogP contribution is 2.38. The fourth-order valence-corrected chi connectivity index (χ4v) is 12.9. The van der Waals surface area contributed by atoms with Gasteiger partial charge in [0.15, 0.2) is 0 Å². The summed E-state index contributed by atoms with van der Waals surface area (Å²) in [5.74, 6) is -0.201. The zero-order valence-corrected chi connectivity index (χ0v) is 63.4. The van der Waals surface area contributed by atoms with Crippen LogP contribution in [0.2, 0.25) is 0 Å². The summed E-state index contributed by atoms with van der Waals surface area (Å²) in [7, 11) is 1.26. The first kappa shape index (κ1) is 90.7. The third-order valence-electron chi connectivity index (χ3n) is 18.3. The molecule has 8 nitrogen and oxygen atoms in total. The van der Waals surface area contributed by atoms with E-state index in [0.717, 1.165) is 70.6 Å². The van der Waals surface area contributed by atoms with Crippen LogP contribution in [0.15, 0.2) is 85.1 Å². The smallest absolute Gasteiger partial charge is 0.268 e. The van der Waals surface area contributed by atoms with Crippen LogP contribution in [-0.2, 0) is 18.4 Å². The van der Waals surface area contributed by atoms with Gasteiger partial charge in [0.1, 0.15) is 13.2 Å². The van der Waals surface area contributed by atoms with Gasteiger partial charge in [0, 0.05) is 6.42 Å². The zero-order chi connectivity index (χ0) is 67.6. The van der Waals surface area contributed by atoms with Gasteiger partial charge < -0.3 is 28.8 Å². The Morgan fingerprint density at radius 1 is 0.387 bits per heavy atom. The highest BCUT2D eigenvalue weighted by molar-refractivity contribution is 7.45. The second-order valence-electron chi connectivity index (χ2n) is 28.7. The molecule has 0 rings (SSSR count). The van der Waals surface area contributed by atoms with Crippen molar-refractivity contribution in [3.05, 3.63) is 85.1 Å². The van der Waals surface area contributed by atoms with E-state index in [-0.39, 0.29) is 12.5 Å². The molecule has 3 unspecified atom stereocenters. The van der Waals surface area contributed by atoms with E-state index in [1.54, 1.807) is 6.08 Å². The Hall–Kier alpha value is -2.32. The second kappa shape index (κ2) is 73.9. The zero-order valence-electron chi connectivity index (χ0n) is 62.5. The Kier molecular flexibility index (Phi) is 72.1. The SMILES string of the molecule is CC/C=C\C/C=C\C/C=C\C/C=C\C/C=C\CCCCCCCCCCCCCCCCCCCCCCCCCC(=O)NC(COP(=O)([O-])OCC[N+](C)(C)C)C(O)/C=C/CC/C=C/CCCCCCCCCCCCCCCCCCCCCCCCCCCC. The molecule has 0 aromatic heterocycles. The van der Waals surface area contributed by atoms with Crippen molar-refractivity contribution in [2.75, 3.05) is 40.9 Å². The predicted octanol–water partition coefficient (Wildman–Crippen LogP) is 26.0. The summed E-state index contributed by atoms with van der Waals surface area (Å²) >= 11 is 0. The number of hydrogen-bond donors (Lipinski definition) is 2. The summed E-state index contributed by atoms with van der Waals surface area (Å²) in [5.41, 5.74) is 0. The van der Waals surface area contributed by atoms with Crippen molar-refractivity contribution in [1.82, 2.24) is 5.32 Å². The molecule has 0 bridgehead atoms. The number of quaternary nitrogens is 1. The number of aliphatic hydroxyl groups excluding tert-OH is 1. The van der Waals surface area contributed by atoms with E-state index in [9.17, 15) is 19.4 Å². The quantitative estimate of drug-likeness (QED) is 0.0272. The Morgan fingerprint density at radius 3 is 1.00 bits per heavy atom. The number of phosphoric ester groups is 1. The minimum Gasteiger partial charge on any atom is -0.756 e. The molecule has 0 aliphatic rings. The number of amides is 1. The number of allylic oxidation sites excluding steroid dienone is 13. The van der Waals surface area contributed by atoms with E-state index in [4.69, 9.17) is 9.05 Å². The first-order valence-corrected chi connectivity index (χ1v) is 41.9.